The number of furan rings is 2. The van der Waals surface area contributed by atoms with Crippen molar-refractivity contribution in [3.8, 4) is 33.4 Å². The minimum Gasteiger partial charge on any atom is -0.456 e. The first kappa shape index (κ1) is 25.2. The van der Waals surface area contributed by atoms with E-state index in [2.05, 4.69) is 146 Å². The Morgan fingerprint density at radius 3 is 1.33 bits per heavy atom. The van der Waals surface area contributed by atoms with Crippen LogP contribution in [0, 0.1) is 0 Å². The van der Waals surface area contributed by atoms with Gasteiger partial charge >= 0.3 is 0 Å². The lowest BCUT2D eigenvalue weighted by molar-refractivity contribution is 0.668. The molecule has 10 rings (SSSR count). The van der Waals surface area contributed by atoms with Crippen LogP contribution in [0.3, 0.4) is 0 Å². The monoisotopic (exact) mass is 586 g/mol. The Kier molecular flexibility index (Phi) is 5.31. The van der Waals surface area contributed by atoms with Crippen molar-refractivity contribution in [3.05, 3.63) is 158 Å². The largest absolute Gasteiger partial charge is 0.456 e. The van der Waals surface area contributed by atoms with Crippen molar-refractivity contribution in [1.29, 1.82) is 0 Å². The molecule has 0 spiro atoms. The molecule has 0 saturated heterocycles. The highest BCUT2D eigenvalue weighted by Gasteiger charge is 2.22. The summed E-state index contributed by atoms with van der Waals surface area (Å²) in [5.74, 6) is 0. The van der Waals surface area contributed by atoms with Gasteiger partial charge in [0.25, 0.3) is 0 Å². The van der Waals surface area contributed by atoms with E-state index in [9.17, 15) is 0 Å². The first-order valence-electron chi connectivity index (χ1n) is 15.7. The average Bonchev–Trinajstić information content (AvgIpc) is 3.70. The Hall–Kier alpha value is -6.12. The first-order chi connectivity index (χ1) is 22.8. The maximum Gasteiger partial charge on any atom is 0.136 e. The summed E-state index contributed by atoms with van der Waals surface area (Å²) in [5, 5.41) is 9.37. The van der Waals surface area contributed by atoms with Gasteiger partial charge in [-0.15, -0.1) is 0 Å². The molecule has 2 nitrogen and oxygen atoms in total. The van der Waals surface area contributed by atoms with Gasteiger partial charge in [0, 0.05) is 21.5 Å². The average molecular weight is 587 g/mol. The molecule has 2 heteroatoms. The van der Waals surface area contributed by atoms with E-state index in [1.54, 1.807) is 0 Å². The molecule has 0 unspecified atom stereocenters. The van der Waals surface area contributed by atoms with E-state index < -0.39 is 0 Å². The Morgan fingerprint density at radius 2 is 0.739 bits per heavy atom. The van der Waals surface area contributed by atoms with Crippen LogP contribution in [0.1, 0.15) is 0 Å². The van der Waals surface area contributed by atoms with Crippen LogP contribution < -0.4 is 0 Å². The van der Waals surface area contributed by atoms with Gasteiger partial charge in [-0.05, 0) is 85.3 Å². The second kappa shape index (κ2) is 9.69. The summed E-state index contributed by atoms with van der Waals surface area (Å²) >= 11 is 0. The van der Waals surface area contributed by atoms with E-state index in [0.29, 0.717) is 0 Å². The third kappa shape index (κ3) is 3.59. The molecule has 0 amide bonds. The van der Waals surface area contributed by atoms with E-state index in [-0.39, 0.29) is 0 Å². The smallest absolute Gasteiger partial charge is 0.136 e. The van der Waals surface area contributed by atoms with Gasteiger partial charge in [-0.2, -0.15) is 0 Å². The molecule has 46 heavy (non-hydrogen) atoms. The van der Waals surface area contributed by atoms with Crippen LogP contribution in [0.2, 0.25) is 0 Å². The Bertz CT molecular complexity index is 2800. The molecular weight excluding hydrogens is 560 g/mol. The highest BCUT2D eigenvalue weighted by molar-refractivity contribution is 6.28. The van der Waals surface area contributed by atoms with E-state index in [1.807, 2.05) is 12.1 Å². The van der Waals surface area contributed by atoms with Gasteiger partial charge in [0.05, 0.1) is 0 Å². The van der Waals surface area contributed by atoms with E-state index >= 15 is 0 Å². The summed E-state index contributed by atoms with van der Waals surface area (Å²) < 4.78 is 12.8. The summed E-state index contributed by atoms with van der Waals surface area (Å²) in [4.78, 5) is 0. The Labute approximate surface area is 264 Å². The number of para-hydroxylation sites is 2. The molecule has 0 aliphatic heterocycles. The van der Waals surface area contributed by atoms with Gasteiger partial charge in [-0.3, -0.25) is 0 Å². The minimum absolute atomic E-state index is 0.897. The Balaban J connectivity index is 1.42. The second-order valence-electron chi connectivity index (χ2n) is 12.0. The predicted molar refractivity (Wildman–Crippen MR) is 192 cm³/mol. The van der Waals surface area contributed by atoms with Crippen LogP contribution in [-0.4, -0.2) is 0 Å². The zero-order valence-electron chi connectivity index (χ0n) is 24.8. The standard InChI is InChI=1S/C44H26O2/c1-2-12-27(13-3-1)28-24-25-31-36(26-28)42(35-19-11-23-40-44(35)33-17-7-9-21-38(33)46-40)30-15-5-4-14-29(30)41(31)34-18-10-22-39-43(34)32-16-6-8-20-37(32)45-39/h1-26H. The summed E-state index contributed by atoms with van der Waals surface area (Å²) in [6.07, 6.45) is 0. The number of benzene rings is 8. The van der Waals surface area contributed by atoms with Gasteiger partial charge in [0.15, 0.2) is 0 Å². The van der Waals surface area contributed by atoms with Crippen molar-refractivity contribution in [1.82, 2.24) is 0 Å². The minimum atomic E-state index is 0.897. The van der Waals surface area contributed by atoms with Crippen LogP contribution in [0.25, 0.3) is 98.8 Å². The number of fused-ring (bicyclic) bond motifs is 8. The van der Waals surface area contributed by atoms with E-state index in [0.717, 1.165) is 43.9 Å². The van der Waals surface area contributed by atoms with Gasteiger partial charge in [0.1, 0.15) is 22.3 Å². The lowest BCUT2D eigenvalue weighted by atomic mass is 9.83. The maximum absolute atomic E-state index is 6.39. The summed E-state index contributed by atoms with van der Waals surface area (Å²) in [6, 6.07) is 56.1. The predicted octanol–water partition coefficient (Wildman–Crippen LogP) is 12.8. The van der Waals surface area contributed by atoms with Crippen molar-refractivity contribution >= 4 is 65.4 Å². The molecule has 10 aromatic rings. The fourth-order valence-corrected chi connectivity index (χ4v) is 7.53. The molecule has 0 aliphatic rings. The zero-order chi connectivity index (χ0) is 30.2. The Morgan fingerprint density at radius 1 is 0.283 bits per heavy atom. The molecule has 0 atom stereocenters. The molecular formula is C44H26O2. The SMILES string of the molecule is c1ccc(-c2ccc3c(-c4cccc5oc6ccccc6c45)c4ccccc4c(-c4cccc5oc6ccccc6c45)c3c2)cc1. The van der Waals surface area contributed by atoms with Crippen molar-refractivity contribution in [3.63, 3.8) is 0 Å². The van der Waals surface area contributed by atoms with Crippen LogP contribution in [0.15, 0.2) is 167 Å². The molecule has 0 N–H and O–H groups in total. The number of hydrogen-bond acceptors (Lipinski definition) is 2. The van der Waals surface area contributed by atoms with Crippen LogP contribution >= 0.6 is 0 Å². The maximum atomic E-state index is 6.39. The molecule has 2 aromatic heterocycles. The van der Waals surface area contributed by atoms with Crippen LogP contribution in [0.4, 0.5) is 0 Å². The van der Waals surface area contributed by atoms with Crippen molar-refractivity contribution in [2.45, 2.75) is 0 Å². The van der Waals surface area contributed by atoms with Crippen molar-refractivity contribution in [2.24, 2.45) is 0 Å². The van der Waals surface area contributed by atoms with Gasteiger partial charge in [-0.1, -0.05) is 127 Å². The molecule has 0 bridgehead atoms. The molecule has 0 fully saturated rings. The summed E-state index contributed by atoms with van der Waals surface area (Å²) in [7, 11) is 0. The third-order valence-corrected chi connectivity index (χ3v) is 9.47. The number of rotatable bonds is 3. The molecule has 0 radical (unpaired) electrons. The first-order valence-corrected chi connectivity index (χ1v) is 15.7. The van der Waals surface area contributed by atoms with Gasteiger partial charge < -0.3 is 8.83 Å². The van der Waals surface area contributed by atoms with Crippen LogP contribution in [-0.2, 0) is 0 Å². The summed E-state index contributed by atoms with van der Waals surface area (Å²) in [5.41, 5.74) is 10.8. The molecule has 0 aliphatic carbocycles. The lowest BCUT2D eigenvalue weighted by Crippen LogP contribution is -1.92. The van der Waals surface area contributed by atoms with E-state index in [4.69, 9.17) is 8.83 Å². The fraction of sp³-hybridized carbons (Fsp3) is 0. The molecule has 2 heterocycles. The highest BCUT2D eigenvalue weighted by atomic mass is 16.3. The van der Waals surface area contributed by atoms with Crippen LogP contribution in [0.5, 0.6) is 0 Å². The van der Waals surface area contributed by atoms with E-state index in [1.165, 1.54) is 54.9 Å². The second-order valence-corrected chi connectivity index (χ2v) is 12.0. The zero-order valence-corrected chi connectivity index (χ0v) is 24.8. The quantitative estimate of drug-likeness (QED) is 0.193. The number of hydrogen-bond donors (Lipinski definition) is 0. The highest BCUT2D eigenvalue weighted by Crippen LogP contribution is 2.49. The van der Waals surface area contributed by atoms with Crippen molar-refractivity contribution in [2.75, 3.05) is 0 Å². The van der Waals surface area contributed by atoms with Crippen molar-refractivity contribution < 1.29 is 8.83 Å². The third-order valence-electron chi connectivity index (χ3n) is 9.47. The molecule has 0 saturated carbocycles. The molecule has 214 valence electrons. The topological polar surface area (TPSA) is 26.3 Å². The molecule has 8 aromatic carbocycles. The fourth-order valence-electron chi connectivity index (χ4n) is 7.53. The normalized spacial score (nSPS) is 11.9. The van der Waals surface area contributed by atoms with Gasteiger partial charge in [-0.25, -0.2) is 0 Å². The van der Waals surface area contributed by atoms with Gasteiger partial charge in [0.2, 0.25) is 0 Å². The lowest BCUT2D eigenvalue weighted by Gasteiger charge is -2.19. The summed E-state index contributed by atoms with van der Waals surface area (Å²) in [6.45, 7) is 0.